The molecule has 0 atom stereocenters. The molecule has 0 radical (unpaired) electrons. The monoisotopic (exact) mass is 204 g/mol. The van der Waals surface area contributed by atoms with Crippen LogP contribution in [0.25, 0.3) is 0 Å². The molecule has 1 aromatic carbocycles. The van der Waals surface area contributed by atoms with Crippen LogP contribution in [-0.2, 0) is 11.2 Å². The van der Waals surface area contributed by atoms with Gasteiger partial charge in [-0.1, -0.05) is 30.3 Å². The predicted molar refractivity (Wildman–Crippen MR) is 59.5 cm³/mol. The maximum Gasteiger partial charge on any atom is 2.00 e. The molecule has 1 rings (SSSR count). The number of aliphatic carboxylic acids is 1. The first kappa shape index (κ1) is 13.5. The second kappa shape index (κ2) is 5.36. The summed E-state index contributed by atoms with van der Waals surface area (Å²) in [6.07, 6.45) is 0.573. The SMILES string of the molecule is CC(C)(Cc1ccccc1)C(=O)O.[H-].[H-].[Mg+2]. The first-order valence-electron chi connectivity index (χ1n) is 4.30. The Morgan fingerprint density at radius 1 is 1.36 bits per heavy atom. The molecule has 0 saturated heterocycles. The van der Waals surface area contributed by atoms with E-state index in [-0.39, 0.29) is 25.9 Å². The summed E-state index contributed by atoms with van der Waals surface area (Å²) in [6.45, 7) is 3.48. The van der Waals surface area contributed by atoms with Crippen LogP contribution in [0.3, 0.4) is 0 Å². The number of benzene rings is 1. The molecule has 0 aliphatic carbocycles. The van der Waals surface area contributed by atoms with Gasteiger partial charge in [0.25, 0.3) is 0 Å². The molecule has 0 unspecified atom stereocenters. The molecule has 0 amide bonds. The summed E-state index contributed by atoms with van der Waals surface area (Å²) in [6, 6.07) is 9.67. The number of hydrogen-bond donors (Lipinski definition) is 1. The van der Waals surface area contributed by atoms with Crippen molar-refractivity contribution < 1.29 is 12.8 Å². The van der Waals surface area contributed by atoms with Crippen LogP contribution < -0.4 is 0 Å². The number of rotatable bonds is 3. The smallest absolute Gasteiger partial charge is 1.00 e. The van der Waals surface area contributed by atoms with Gasteiger partial charge in [0, 0.05) is 0 Å². The molecule has 14 heavy (non-hydrogen) atoms. The molecule has 0 aromatic heterocycles. The summed E-state index contributed by atoms with van der Waals surface area (Å²) in [4.78, 5) is 10.8. The van der Waals surface area contributed by atoms with Crippen LogP contribution >= 0.6 is 0 Å². The van der Waals surface area contributed by atoms with Gasteiger partial charge in [-0.25, -0.2) is 0 Å². The van der Waals surface area contributed by atoms with Crippen molar-refractivity contribution in [2.24, 2.45) is 5.41 Å². The van der Waals surface area contributed by atoms with Crippen molar-refractivity contribution in [2.45, 2.75) is 20.3 Å². The van der Waals surface area contributed by atoms with Gasteiger partial charge >= 0.3 is 29.0 Å². The fourth-order valence-electron chi connectivity index (χ4n) is 1.18. The first-order chi connectivity index (χ1) is 6.02. The summed E-state index contributed by atoms with van der Waals surface area (Å²) in [5.74, 6) is -0.753. The Balaban J connectivity index is -0.000000563. The van der Waals surface area contributed by atoms with Gasteiger partial charge in [0.2, 0.25) is 0 Å². The van der Waals surface area contributed by atoms with Crippen molar-refractivity contribution in [3.63, 3.8) is 0 Å². The Labute approximate surface area is 103 Å². The Kier molecular flexibility index (Phi) is 5.16. The maximum absolute atomic E-state index is 10.8. The van der Waals surface area contributed by atoms with Gasteiger partial charge in [0.1, 0.15) is 0 Å². The van der Waals surface area contributed by atoms with Crippen LogP contribution in [0.2, 0.25) is 0 Å². The molecule has 0 bridgehead atoms. The van der Waals surface area contributed by atoms with Crippen LogP contribution in [0, 0.1) is 5.41 Å². The Morgan fingerprint density at radius 3 is 2.29 bits per heavy atom. The molecule has 0 spiro atoms. The van der Waals surface area contributed by atoms with Crippen LogP contribution in [0.5, 0.6) is 0 Å². The van der Waals surface area contributed by atoms with Gasteiger partial charge in [-0.3, -0.25) is 4.79 Å². The van der Waals surface area contributed by atoms with Crippen molar-refractivity contribution in [3.05, 3.63) is 35.9 Å². The van der Waals surface area contributed by atoms with Gasteiger partial charge < -0.3 is 7.96 Å². The van der Waals surface area contributed by atoms with Crippen LogP contribution in [-0.4, -0.2) is 34.1 Å². The average Bonchev–Trinajstić information content (AvgIpc) is 2.05. The van der Waals surface area contributed by atoms with E-state index in [2.05, 4.69) is 0 Å². The van der Waals surface area contributed by atoms with E-state index in [4.69, 9.17) is 5.11 Å². The summed E-state index contributed by atoms with van der Waals surface area (Å²) in [7, 11) is 0. The molecular weight excluding hydrogens is 188 g/mol. The zero-order valence-electron chi connectivity index (χ0n) is 10.7. The van der Waals surface area contributed by atoms with E-state index in [1.165, 1.54) is 0 Å². The third kappa shape index (κ3) is 3.68. The fourth-order valence-corrected chi connectivity index (χ4v) is 1.18. The quantitative estimate of drug-likeness (QED) is 0.767. The first-order valence-corrected chi connectivity index (χ1v) is 4.30. The predicted octanol–water partition coefficient (Wildman–Crippen LogP) is 2.18. The molecule has 0 saturated carbocycles. The molecule has 0 aliphatic heterocycles. The van der Waals surface area contributed by atoms with Crippen LogP contribution in [0.4, 0.5) is 0 Å². The van der Waals surface area contributed by atoms with E-state index < -0.39 is 11.4 Å². The average molecular weight is 205 g/mol. The number of hydrogen-bond acceptors (Lipinski definition) is 1. The zero-order chi connectivity index (χ0) is 9.90. The summed E-state index contributed by atoms with van der Waals surface area (Å²) >= 11 is 0. The fraction of sp³-hybridized carbons (Fsp3) is 0.364. The molecule has 0 heterocycles. The van der Waals surface area contributed by atoms with Gasteiger partial charge in [0.15, 0.2) is 0 Å². The Bertz CT molecular complexity index is 302. The van der Waals surface area contributed by atoms with Gasteiger partial charge in [0.05, 0.1) is 5.41 Å². The minimum absolute atomic E-state index is 0. The largest absolute Gasteiger partial charge is 2.00 e. The molecule has 2 nitrogen and oxygen atoms in total. The third-order valence-electron chi connectivity index (χ3n) is 2.07. The van der Waals surface area contributed by atoms with Gasteiger partial charge in [-0.05, 0) is 25.8 Å². The normalized spacial score (nSPS) is 10.4. The standard InChI is InChI=1S/C11H14O2.Mg.2H/c1-11(2,10(12)13)8-9-6-4-3-5-7-9;;;/h3-7H,8H2,1-2H3,(H,12,13);;;/q;+2;2*-1. The third-order valence-corrected chi connectivity index (χ3v) is 2.07. The van der Waals surface area contributed by atoms with E-state index in [1.54, 1.807) is 13.8 Å². The van der Waals surface area contributed by atoms with Crippen molar-refractivity contribution in [1.82, 2.24) is 0 Å². The second-order valence-electron chi connectivity index (χ2n) is 3.85. The van der Waals surface area contributed by atoms with Crippen LogP contribution in [0.1, 0.15) is 22.3 Å². The topological polar surface area (TPSA) is 37.3 Å². The van der Waals surface area contributed by atoms with Crippen molar-refractivity contribution in [3.8, 4) is 0 Å². The van der Waals surface area contributed by atoms with Crippen molar-refractivity contribution in [1.29, 1.82) is 0 Å². The molecule has 0 fully saturated rings. The van der Waals surface area contributed by atoms with E-state index in [1.807, 2.05) is 30.3 Å². The van der Waals surface area contributed by atoms with E-state index in [0.29, 0.717) is 6.42 Å². The second-order valence-corrected chi connectivity index (χ2v) is 3.85. The summed E-state index contributed by atoms with van der Waals surface area (Å²) < 4.78 is 0. The Hall–Kier alpha value is -0.544. The van der Waals surface area contributed by atoms with E-state index >= 15 is 0 Å². The van der Waals surface area contributed by atoms with Crippen molar-refractivity contribution >= 4 is 29.0 Å². The number of carboxylic acid groups (broad SMARTS) is 1. The van der Waals surface area contributed by atoms with E-state index in [9.17, 15) is 4.79 Å². The van der Waals surface area contributed by atoms with E-state index in [0.717, 1.165) is 5.56 Å². The summed E-state index contributed by atoms with van der Waals surface area (Å²) in [5, 5.41) is 8.90. The number of carbonyl (C=O) groups is 1. The van der Waals surface area contributed by atoms with Gasteiger partial charge in [-0.2, -0.15) is 0 Å². The van der Waals surface area contributed by atoms with Gasteiger partial charge in [-0.15, -0.1) is 0 Å². The molecule has 1 aromatic rings. The summed E-state index contributed by atoms with van der Waals surface area (Å²) in [5.41, 5.74) is 0.386. The number of carboxylic acids is 1. The van der Waals surface area contributed by atoms with Crippen LogP contribution in [0.15, 0.2) is 30.3 Å². The molecular formula is C11H16MgO2. The minimum atomic E-state index is -0.753. The maximum atomic E-state index is 10.8. The van der Waals surface area contributed by atoms with Crippen molar-refractivity contribution in [2.75, 3.05) is 0 Å². The zero-order valence-corrected chi connectivity index (χ0v) is 10.1. The molecule has 0 aliphatic rings. The Morgan fingerprint density at radius 2 is 1.86 bits per heavy atom. The molecule has 1 N–H and O–H groups in total. The minimum Gasteiger partial charge on any atom is -1.00 e. The molecule has 3 heteroatoms. The molecule has 74 valence electrons.